The number of benzene rings is 2. The van der Waals surface area contributed by atoms with Gasteiger partial charge in [-0.25, -0.2) is 13.8 Å². The normalized spacial score (nSPS) is 26.9. The van der Waals surface area contributed by atoms with E-state index in [0.717, 1.165) is 31.4 Å². The molecule has 2 fully saturated rings. The highest BCUT2D eigenvalue weighted by Gasteiger charge is 2.47. The number of ether oxygens (including phenoxy) is 1. The van der Waals surface area contributed by atoms with Crippen LogP contribution in [0.5, 0.6) is 5.75 Å². The predicted octanol–water partition coefficient (Wildman–Crippen LogP) is 4.97. The first-order valence-corrected chi connectivity index (χ1v) is 12.0. The number of imidazole rings is 1. The molecule has 6 nitrogen and oxygen atoms in total. The molecule has 0 spiro atoms. The van der Waals surface area contributed by atoms with Crippen molar-refractivity contribution in [2.75, 3.05) is 0 Å². The highest BCUT2D eigenvalue weighted by Crippen LogP contribution is 2.51. The van der Waals surface area contributed by atoms with Gasteiger partial charge in [-0.2, -0.15) is 0 Å². The van der Waals surface area contributed by atoms with Crippen molar-refractivity contribution in [2.24, 2.45) is 11.8 Å². The standard InChI is InChI=1S/C26H22ClF2N3O3/c27-16-2-4-24-17(9-16)23(33)10-25(35-24)26(34)31-20-7-15-5-14(20)8-22(15)32-11-21(30-12-32)13-1-3-18(28)19(29)6-13/h1-4,6,9,11-12,14-15,20,22,25H,5,7-8,10H2,(H,31,34)/t14-,15-,20+,22+,25-/m1/s1. The van der Waals surface area contributed by atoms with Gasteiger partial charge in [0.15, 0.2) is 23.5 Å². The Morgan fingerprint density at radius 2 is 1.94 bits per heavy atom. The average Bonchev–Trinajstić information content (AvgIpc) is 3.57. The van der Waals surface area contributed by atoms with Crippen molar-refractivity contribution in [1.29, 1.82) is 0 Å². The van der Waals surface area contributed by atoms with Crippen molar-refractivity contribution in [3.05, 3.63) is 71.1 Å². The molecular weight excluding hydrogens is 476 g/mol. The molecule has 0 radical (unpaired) electrons. The highest BCUT2D eigenvalue weighted by atomic mass is 35.5. The number of carbonyl (C=O) groups excluding carboxylic acids is 2. The van der Waals surface area contributed by atoms with Crippen LogP contribution in [0.4, 0.5) is 8.78 Å². The van der Waals surface area contributed by atoms with Crippen molar-refractivity contribution in [1.82, 2.24) is 14.9 Å². The Hall–Kier alpha value is -3.26. The van der Waals surface area contributed by atoms with Gasteiger partial charge in [-0.05, 0) is 67.5 Å². The van der Waals surface area contributed by atoms with Crippen molar-refractivity contribution in [3.63, 3.8) is 0 Å². The number of rotatable bonds is 4. The Bertz CT molecular complexity index is 1340. The van der Waals surface area contributed by atoms with Crippen LogP contribution >= 0.6 is 11.6 Å². The maximum absolute atomic E-state index is 13.6. The number of nitrogens with zero attached hydrogens (tertiary/aromatic N) is 2. The summed E-state index contributed by atoms with van der Waals surface area (Å²) >= 11 is 5.97. The number of fused-ring (bicyclic) bond motifs is 3. The lowest BCUT2D eigenvalue weighted by molar-refractivity contribution is -0.129. The lowest BCUT2D eigenvalue weighted by Gasteiger charge is -2.31. The number of halogens is 3. The fourth-order valence-electron chi connectivity index (χ4n) is 5.83. The minimum Gasteiger partial charge on any atom is -0.479 e. The largest absolute Gasteiger partial charge is 0.479 e. The van der Waals surface area contributed by atoms with Gasteiger partial charge in [0.1, 0.15) is 5.75 Å². The highest BCUT2D eigenvalue weighted by molar-refractivity contribution is 6.31. The molecule has 2 bridgehead atoms. The Kier molecular flexibility index (Phi) is 5.36. The fraction of sp³-hybridized carbons (Fsp3) is 0.346. The molecule has 1 N–H and O–H groups in total. The van der Waals surface area contributed by atoms with Crippen molar-refractivity contribution >= 4 is 23.3 Å². The van der Waals surface area contributed by atoms with Crippen molar-refractivity contribution in [2.45, 2.75) is 43.9 Å². The van der Waals surface area contributed by atoms with Crippen LogP contribution in [0.2, 0.25) is 5.02 Å². The van der Waals surface area contributed by atoms with Crippen LogP contribution in [-0.2, 0) is 4.79 Å². The van der Waals surface area contributed by atoms with E-state index in [2.05, 4.69) is 10.3 Å². The number of Topliss-reactive ketones (excluding diaryl/α,β-unsaturated/α-hetero) is 1. The maximum Gasteiger partial charge on any atom is 0.261 e. The molecule has 9 heteroatoms. The summed E-state index contributed by atoms with van der Waals surface area (Å²) in [6.07, 6.45) is 5.45. The monoisotopic (exact) mass is 497 g/mol. The second kappa shape index (κ2) is 8.45. The minimum absolute atomic E-state index is 0.00951. The lowest BCUT2D eigenvalue weighted by atomic mass is 9.90. The Morgan fingerprint density at radius 1 is 1.09 bits per heavy atom. The van der Waals surface area contributed by atoms with E-state index >= 15 is 0 Å². The van der Waals surface area contributed by atoms with Gasteiger partial charge in [0.25, 0.3) is 5.91 Å². The Balaban J connectivity index is 1.09. The van der Waals surface area contributed by atoms with Gasteiger partial charge in [-0.15, -0.1) is 0 Å². The van der Waals surface area contributed by atoms with E-state index < -0.39 is 17.7 Å². The van der Waals surface area contributed by atoms with Crippen LogP contribution < -0.4 is 10.1 Å². The molecule has 1 amide bonds. The zero-order chi connectivity index (χ0) is 24.3. The van der Waals surface area contributed by atoms with E-state index in [-0.39, 0.29) is 30.2 Å². The van der Waals surface area contributed by atoms with Gasteiger partial charge < -0.3 is 14.6 Å². The first-order chi connectivity index (χ1) is 16.9. The van der Waals surface area contributed by atoms with E-state index in [4.69, 9.17) is 16.3 Å². The number of nitrogens with one attached hydrogen (secondary N) is 1. The average molecular weight is 498 g/mol. The number of amides is 1. The third-order valence-corrected chi connectivity index (χ3v) is 7.76. The van der Waals surface area contributed by atoms with Gasteiger partial charge in [0, 0.05) is 28.9 Å². The molecule has 1 aromatic heterocycles. The third kappa shape index (κ3) is 3.99. The molecule has 2 saturated carbocycles. The summed E-state index contributed by atoms with van der Waals surface area (Å²) in [7, 11) is 0. The molecule has 0 unspecified atom stereocenters. The van der Waals surface area contributed by atoms with E-state index in [1.165, 1.54) is 6.07 Å². The number of ketones is 1. The summed E-state index contributed by atoms with van der Waals surface area (Å²) in [5.41, 5.74) is 1.53. The smallest absolute Gasteiger partial charge is 0.261 e. The molecule has 35 heavy (non-hydrogen) atoms. The number of aromatic nitrogens is 2. The summed E-state index contributed by atoms with van der Waals surface area (Å²) in [5, 5.41) is 3.57. The third-order valence-electron chi connectivity index (χ3n) is 7.52. The summed E-state index contributed by atoms with van der Waals surface area (Å²) in [6, 6.07) is 8.87. The second-order valence-corrected chi connectivity index (χ2v) is 10.1. The molecule has 1 aliphatic heterocycles. The molecule has 2 heterocycles. The molecule has 180 valence electrons. The molecule has 6 rings (SSSR count). The second-order valence-electron chi connectivity index (χ2n) is 9.62. The molecule has 0 saturated heterocycles. The van der Waals surface area contributed by atoms with Crippen molar-refractivity contribution < 1.29 is 23.1 Å². The van der Waals surface area contributed by atoms with E-state index in [1.807, 2.05) is 10.8 Å². The fourth-order valence-corrected chi connectivity index (χ4v) is 6.00. The maximum atomic E-state index is 13.6. The van der Waals surface area contributed by atoms with E-state index in [0.29, 0.717) is 39.4 Å². The Morgan fingerprint density at radius 3 is 2.71 bits per heavy atom. The van der Waals surface area contributed by atoms with Gasteiger partial charge in [-0.1, -0.05) is 11.6 Å². The topological polar surface area (TPSA) is 73.2 Å². The first-order valence-electron chi connectivity index (χ1n) is 11.6. The first kappa shape index (κ1) is 22.2. The SMILES string of the molecule is O=C1C[C@H](C(=O)N[C@H]2C[C@H]3C[C@@H]2C[C@@H]3n2cnc(-c3ccc(F)c(F)c3)c2)Oc2ccc(Cl)cc21. The minimum atomic E-state index is -0.897. The zero-order valence-electron chi connectivity index (χ0n) is 18.6. The quantitative estimate of drug-likeness (QED) is 0.552. The molecule has 3 aromatic rings. The van der Waals surface area contributed by atoms with E-state index in [1.54, 1.807) is 24.5 Å². The van der Waals surface area contributed by atoms with Gasteiger partial charge in [0.05, 0.1) is 24.0 Å². The van der Waals surface area contributed by atoms with Gasteiger partial charge >= 0.3 is 0 Å². The molecule has 2 aliphatic carbocycles. The molecule has 3 aliphatic rings. The zero-order valence-corrected chi connectivity index (χ0v) is 19.3. The summed E-state index contributed by atoms with van der Waals surface area (Å²) in [6.45, 7) is 0. The summed E-state index contributed by atoms with van der Waals surface area (Å²) in [4.78, 5) is 29.8. The number of carbonyl (C=O) groups is 2. The van der Waals surface area contributed by atoms with Crippen molar-refractivity contribution in [3.8, 4) is 17.0 Å². The van der Waals surface area contributed by atoms with Crippen LogP contribution in [-0.4, -0.2) is 33.4 Å². The Labute approximate surface area is 205 Å². The van der Waals surface area contributed by atoms with Crippen LogP contribution in [0.1, 0.15) is 42.1 Å². The van der Waals surface area contributed by atoms with Crippen LogP contribution in [0, 0.1) is 23.5 Å². The predicted molar refractivity (Wildman–Crippen MR) is 124 cm³/mol. The van der Waals surface area contributed by atoms with Crippen LogP contribution in [0.3, 0.4) is 0 Å². The summed E-state index contributed by atoms with van der Waals surface area (Å²) < 4.78 is 34.7. The lowest BCUT2D eigenvalue weighted by Crippen LogP contribution is -2.48. The van der Waals surface area contributed by atoms with Gasteiger partial charge in [-0.3, -0.25) is 9.59 Å². The van der Waals surface area contributed by atoms with Gasteiger partial charge in [0.2, 0.25) is 0 Å². The van der Waals surface area contributed by atoms with Crippen LogP contribution in [0.25, 0.3) is 11.3 Å². The summed E-state index contributed by atoms with van der Waals surface area (Å²) in [5.74, 6) is -1.13. The number of hydrogen-bond donors (Lipinski definition) is 1. The van der Waals surface area contributed by atoms with E-state index in [9.17, 15) is 18.4 Å². The molecule has 2 aromatic carbocycles. The number of hydrogen-bond acceptors (Lipinski definition) is 4. The molecular formula is C26H22ClF2N3O3. The van der Waals surface area contributed by atoms with Crippen LogP contribution in [0.15, 0.2) is 48.9 Å². The molecule has 5 atom stereocenters.